The van der Waals surface area contributed by atoms with Gasteiger partial charge < -0.3 is 20.5 Å². The van der Waals surface area contributed by atoms with Gasteiger partial charge in [0.25, 0.3) is 5.91 Å². The van der Waals surface area contributed by atoms with E-state index in [1.54, 1.807) is 13.8 Å². The van der Waals surface area contributed by atoms with Crippen LogP contribution in [0.5, 0.6) is 0 Å². The lowest BCUT2D eigenvalue weighted by atomic mass is 10.0. The van der Waals surface area contributed by atoms with Crippen molar-refractivity contribution in [1.29, 1.82) is 0 Å². The zero-order chi connectivity index (χ0) is 17.6. The van der Waals surface area contributed by atoms with Gasteiger partial charge in [-0.25, -0.2) is 5.43 Å². The molecule has 0 unspecified atom stereocenters. The predicted octanol–water partition coefficient (Wildman–Crippen LogP) is -2.49. The number of rotatable bonds is 7. The highest BCUT2D eigenvalue weighted by Gasteiger charge is 2.30. The van der Waals surface area contributed by atoms with Crippen LogP contribution in [0.15, 0.2) is 0 Å². The second kappa shape index (κ2) is 8.47. The van der Waals surface area contributed by atoms with E-state index in [9.17, 15) is 24.3 Å². The fourth-order valence-electron chi connectivity index (χ4n) is 2.36. The number of carboxylic acid groups (broad SMARTS) is 1. The van der Waals surface area contributed by atoms with E-state index in [1.807, 2.05) is 0 Å². The number of aliphatic carboxylic acids is 1. The molecule has 0 saturated carbocycles. The Labute approximate surface area is 134 Å². The SMILES string of the molecule is CC(C)[C@H](NC=O)C(=O)N[C@@H](C)C(=O)N1CCC[C@@H](C(=O)[O-])N1. The highest BCUT2D eigenvalue weighted by Crippen LogP contribution is 2.08. The normalized spacial score (nSPS) is 20.5. The van der Waals surface area contributed by atoms with Crippen molar-refractivity contribution in [3.8, 4) is 0 Å². The van der Waals surface area contributed by atoms with E-state index in [1.165, 1.54) is 11.9 Å². The van der Waals surface area contributed by atoms with E-state index >= 15 is 0 Å². The van der Waals surface area contributed by atoms with Crippen LogP contribution >= 0.6 is 0 Å². The van der Waals surface area contributed by atoms with E-state index in [-0.39, 0.29) is 5.92 Å². The Morgan fingerprint density at radius 3 is 2.48 bits per heavy atom. The van der Waals surface area contributed by atoms with Crippen molar-refractivity contribution >= 4 is 24.2 Å². The monoisotopic (exact) mass is 327 g/mol. The number of nitrogens with zero attached hydrogens (tertiary/aromatic N) is 1. The number of carboxylic acids is 1. The number of carbonyl (C=O) groups excluding carboxylic acids is 4. The van der Waals surface area contributed by atoms with E-state index < -0.39 is 35.9 Å². The van der Waals surface area contributed by atoms with Crippen molar-refractivity contribution in [2.45, 2.75) is 51.7 Å². The maximum Gasteiger partial charge on any atom is 0.258 e. The molecule has 0 aliphatic carbocycles. The molecule has 3 atom stereocenters. The Bertz CT molecular complexity index is 468. The second-order valence-electron chi connectivity index (χ2n) is 5.87. The van der Waals surface area contributed by atoms with Gasteiger partial charge in [0.15, 0.2) is 0 Å². The smallest absolute Gasteiger partial charge is 0.258 e. The maximum absolute atomic E-state index is 12.3. The van der Waals surface area contributed by atoms with Gasteiger partial charge in [0.05, 0.1) is 12.0 Å². The van der Waals surface area contributed by atoms with Crippen molar-refractivity contribution in [3.63, 3.8) is 0 Å². The summed E-state index contributed by atoms with van der Waals surface area (Å²) in [5.74, 6) is -2.33. The average molecular weight is 327 g/mol. The summed E-state index contributed by atoms with van der Waals surface area (Å²) in [6.45, 7) is 5.39. The van der Waals surface area contributed by atoms with Gasteiger partial charge >= 0.3 is 0 Å². The second-order valence-corrected chi connectivity index (χ2v) is 5.87. The molecular formula is C14H23N4O5-. The molecule has 0 aromatic rings. The molecule has 0 spiro atoms. The molecule has 1 rings (SSSR count). The molecule has 0 aromatic heterocycles. The lowest BCUT2D eigenvalue weighted by Gasteiger charge is -2.36. The van der Waals surface area contributed by atoms with Gasteiger partial charge in [0.1, 0.15) is 12.1 Å². The molecule has 130 valence electrons. The van der Waals surface area contributed by atoms with Crippen LogP contribution in [0.25, 0.3) is 0 Å². The molecule has 3 N–H and O–H groups in total. The number of carbonyl (C=O) groups is 4. The molecule has 0 aromatic carbocycles. The third-order valence-electron chi connectivity index (χ3n) is 3.66. The number of hydrogen-bond donors (Lipinski definition) is 3. The molecule has 0 bridgehead atoms. The van der Waals surface area contributed by atoms with Gasteiger partial charge in [0, 0.05) is 6.54 Å². The number of nitrogens with one attached hydrogen (secondary N) is 3. The summed E-state index contributed by atoms with van der Waals surface area (Å²) in [6, 6.07) is -2.52. The lowest BCUT2D eigenvalue weighted by Crippen LogP contribution is -2.62. The number of amides is 3. The fourth-order valence-corrected chi connectivity index (χ4v) is 2.36. The molecule has 1 aliphatic heterocycles. The summed E-state index contributed by atoms with van der Waals surface area (Å²) in [6.07, 6.45) is 1.35. The van der Waals surface area contributed by atoms with Crippen LogP contribution < -0.4 is 21.2 Å². The van der Waals surface area contributed by atoms with Crippen LogP contribution in [0.2, 0.25) is 0 Å². The number of hydrogen-bond acceptors (Lipinski definition) is 6. The minimum atomic E-state index is -1.27. The van der Waals surface area contributed by atoms with Crippen molar-refractivity contribution in [2.75, 3.05) is 6.54 Å². The Hall–Kier alpha value is -2.16. The summed E-state index contributed by atoms with van der Waals surface area (Å²) in [7, 11) is 0. The average Bonchev–Trinajstić information content (AvgIpc) is 2.51. The zero-order valence-electron chi connectivity index (χ0n) is 13.5. The summed E-state index contributed by atoms with van der Waals surface area (Å²) in [5, 5.41) is 17.0. The molecule has 3 amide bonds. The van der Waals surface area contributed by atoms with Crippen molar-refractivity contribution < 1.29 is 24.3 Å². The van der Waals surface area contributed by atoms with Crippen LogP contribution in [-0.2, 0) is 19.2 Å². The molecule has 1 saturated heterocycles. The summed E-state index contributed by atoms with van der Waals surface area (Å²) >= 11 is 0. The molecule has 23 heavy (non-hydrogen) atoms. The van der Waals surface area contributed by atoms with Crippen molar-refractivity contribution in [3.05, 3.63) is 0 Å². The summed E-state index contributed by atoms with van der Waals surface area (Å²) < 4.78 is 0. The quantitative estimate of drug-likeness (QED) is 0.443. The molecule has 1 heterocycles. The molecule has 9 nitrogen and oxygen atoms in total. The lowest BCUT2D eigenvalue weighted by molar-refractivity contribution is -0.310. The Morgan fingerprint density at radius 1 is 1.30 bits per heavy atom. The molecule has 1 fully saturated rings. The minimum Gasteiger partial charge on any atom is -0.548 e. The van der Waals surface area contributed by atoms with Gasteiger partial charge in [-0.2, -0.15) is 0 Å². The fraction of sp³-hybridized carbons (Fsp3) is 0.714. The van der Waals surface area contributed by atoms with Crippen LogP contribution in [0, 0.1) is 5.92 Å². The van der Waals surface area contributed by atoms with Crippen molar-refractivity contribution in [2.24, 2.45) is 5.92 Å². The van der Waals surface area contributed by atoms with Crippen LogP contribution in [-0.4, -0.2) is 53.9 Å². The van der Waals surface area contributed by atoms with Gasteiger partial charge in [-0.05, 0) is 25.7 Å². The van der Waals surface area contributed by atoms with Gasteiger partial charge in [-0.3, -0.25) is 19.4 Å². The van der Waals surface area contributed by atoms with E-state index in [4.69, 9.17) is 0 Å². The Kier molecular flexibility index (Phi) is 6.95. The molecule has 0 radical (unpaired) electrons. The van der Waals surface area contributed by atoms with E-state index in [0.717, 1.165) is 0 Å². The minimum absolute atomic E-state index is 0.141. The highest BCUT2D eigenvalue weighted by atomic mass is 16.4. The van der Waals surface area contributed by atoms with Crippen LogP contribution in [0.3, 0.4) is 0 Å². The molecule has 1 aliphatic rings. The Morgan fingerprint density at radius 2 is 1.96 bits per heavy atom. The zero-order valence-corrected chi connectivity index (χ0v) is 13.5. The van der Waals surface area contributed by atoms with Gasteiger partial charge in [-0.15, -0.1) is 0 Å². The standard InChI is InChI=1S/C14H24N4O5/c1-8(2)11(15-7-19)12(20)16-9(3)13(21)18-6-4-5-10(17-18)14(22)23/h7-11,17H,4-6H2,1-3H3,(H,15,19)(H,16,20)(H,22,23)/p-1/t9-,10-,11-/m0/s1. The van der Waals surface area contributed by atoms with E-state index in [0.29, 0.717) is 25.8 Å². The predicted molar refractivity (Wildman–Crippen MR) is 78.3 cm³/mol. The first-order valence-electron chi connectivity index (χ1n) is 7.56. The first-order chi connectivity index (χ1) is 10.8. The Balaban J connectivity index is 2.63. The third kappa shape index (κ3) is 5.20. The largest absolute Gasteiger partial charge is 0.548 e. The third-order valence-corrected chi connectivity index (χ3v) is 3.66. The topological polar surface area (TPSA) is 131 Å². The van der Waals surface area contributed by atoms with Crippen LogP contribution in [0.4, 0.5) is 0 Å². The number of hydrazine groups is 1. The highest BCUT2D eigenvalue weighted by molar-refractivity contribution is 5.90. The first kappa shape index (κ1) is 18.9. The van der Waals surface area contributed by atoms with E-state index in [2.05, 4.69) is 16.1 Å². The van der Waals surface area contributed by atoms with Crippen LogP contribution in [0.1, 0.15) is 33.6 Å². The van der Waals surface area contributed by atoms with Gasteiger partial charge in [0.2, 0.25) is 12.3 Å². The summed E-state index contributed by atoms with van der Waals surface area (Å²) in [4.78, 5) is 45.9. The van der Waals surface area contributed by atoms with Gasteiger partial charge in [-0.1, -0.05) is 13.8 Å². The first-order valence-corrected chi connectivity index (χ1v) is 7.56. The van der Waals surface area contributed by atoms with Crippen molar-refractivity contribution in [1.82, 2.24) is 21.1 Å². The maximum atomic E-state index is 12.3. The molecular weight excluding hydrogens is 304 g/mol. The summed E-state index contributed by atoms with van der Waals surface area (Å²) in [5.41, 5.74) is 2.58. The molecule has 9 heteroatoms.